The first-order valence-electron chi connectivity index (χ1n) is 10.6. The van der Waals surface area contributed by atoms with Crippen molar-refractivity contribution in [1.29, 1.82) is 0 Å². The van der Waals surface area contributed by atoms with Gasteiger partial charge in [0, 0.05) is 24.8 Å². The molecule has 0 unspecified atom stereocenters. The molecule has 3 aliphatic heterocycles. The first-order chi connectivity index (χ1) is 15.0. The molecule has 0 spiro atoms. The van der Waals surface area contributed by atoms with Gasteiger partial charge in [0.25, 0.3) is 7.41 Å². The minimum absolute atomic E-state index is 0.0602. The number of hydrogen-bond donors (Lipinski definition) is 1. The van der Waals surface area contributed by atoms with Crippen LogP contribution in [0.3, 0.4) is 0 Å². The van der Waals surface area contributed by atoms with Gasteiger partial charge in [-0.1, -0.05) is 18.2 Å². The van der Waals surface area contributed by atoms with E-state index in [9.17, 15) is 14.4 Å². The van der Waals surface area contributed by atoms with Crippen LogP contribution in [0.1, 0.15) is 25.7 Å². The monoisotopic (exact) mass is 444 g/mol. The van der Waals surface area contributed by atoms with Gasteiger partial charge in [-0.3, -0.25) is 4.79 Å². The lowest BCUT2D eigenvalue weighted by atomic mass is 9.89. The highest BCUT2D eigenvalue weighted by Crippen LogP contribution is 2.30. The first-order valence-corrected chi connectivity index (χ1v) is 11.0. The summed E-state index contributed by atoms with van der Waals surface area (Å²) in [6, 6.07) is 7.97. The maximum Gasteiger partial charge on any atom is 0.383 e. The Morgan fingerprint density at radius 2 is 1.90 bits per heavy atom. The Bertz CT molecular complexity index is 836. The Morgan fingerprint density at radius 3 is 2.61 bits per heavy atom. The van der Waals surface area contributed by atoms with E-state index in [1.54, 1.807) is 17.0 Å². The molecule has 2 atom stereocenters. The highest BCUT2D eigenvalue weighted by molar-refractivity contribution is 7.79. The standard InChI is InChI=1S/C20H25BN4O5S/c26-13-21-23-10-8-14(9-11-23)22-18(27)17-7-6-15-12-24(17)19(28)25(15)30-20(31)29-16-4-2-1-3-5-16/h1-5,13-15,17,21H,6-12H2,(H,22,27)/t15-,17+/m1/s1. The molecular formula is C20H25BN4O5S. The van der Waals surface area contributed by atoms with Crippen molar-refractivity contribution in [3.63, 3.8) is 0 Å². The summed E-state index contributed by atoms with van der Waals surface area (Å²) in [6.45, 7) is 1.97. The Balaban J connectivity index is 1.30. The fourth-order valence-corrected chi connectivity index (χ4v) is 4.55. The van der Waals surface area contributed by atoms with E-state index in [4.69, 9.17) is 21.8 Å². The summed E-state index contributed by atoms with van der Waals surface area (Å²) in [7, 11) is 0.429. The van der Waals surface area contributed by atoms with Gasteiger partial charge in [-0.25, -0.2) is 4.79 Å². The number of thiocarbonyl (C=S) groups is 1. The second-order valence-corrected chi connectivity index (χ2v) is 8.35. The number of hydroxylamine groups is 2. The van der Waals surface area contributed by atoms with Crippen LogP contribution in [-0.4, -0.2) is 83.3 Å². The highest BCUT2D eigenvalue weighted by Gasteiger charge is 2.49. The Labute approximate surface area is 186 Å². The molecule has 1 aromatic carbocycles. The van der Waals surface area contributed by atoms with Crippen LogP contribution in [0.5, 0.6) is 5.75 Å². The topological polar surface area (TPSA) is 91.4 Å². The van der Waals surface area contributed by atoms with Crippen molar-refractivity contribution < 1.29 is 24.0 Å². The van der Waals surface area contributed by atoms with Gasteiger partial charge in [-0.2, -0.15) is 0 Å². The molecule has 0 aliphatic carbocycles. The summed E-state index contributed by atoms with van der Waals surface area (Å²) in [5.41, 5.74) is 0. The summed E-state index contributed by atoms with van der Waals surface area (Å²) >= 11 is 5.14. The molecule has 3 amide bonds. The van der Waals surface area contributed by atoms with Gasteiger partial charge in [-0.05, 0) is 50.9 Å². The molecule has 0 aromatic heterocycles. The zero-order valence-corrected chi connectivity index (χ0v) is 18.0. The quantitative estimate of drug-likeness (QED) is 0.392. The zero-order valence-electron chi connectivity index (χ0n) is 17.1. The number of amides is 3. The third-order valence-corrected chi connectivity index (χ3v) is 6.17. The number of nitrogens with one attached hydrogen (secondary N) is 1. The molecule has 1 N–H and O–H groups in total. The van der Waals surface area contributed by atoms with Crippen molar-refractivity contribution in [3.8, 4) is 5.75 Å². The number of urea groups is 1. The maximum atomic E-state index is 12.9. The Morgan fingerprint density at radius 1 is 1.16 bits per heavy atom. The summed E-state index contributed by atoms with van der Waals surface area (Å²) in [6.07, 6.45) is 3.71. The highest BCUT2D eigenvalue weighted by atomic mass is 32.1. The molecule has 0 saturated carbocycles. The molecule has 11 heteroatoms. The number of para-hydroxylation sites is 1. The zero-order chi connectivity index (χ0) is 21.8. The van der Waals surface area contributed by atoms with Crippen LogP contribution in [0.15, 0.2) is 30.3 Å². The van der Waals surface area contributed by atoms with Crippen LogP contribution in [0, 0.1) is 0 Å². The molecule has 164 valence electrons. The number of carbonyl (C=O) groups excluding carboxylic acids is 3. The van der Waals surface area contributed by atoms with Crippen molar-refractivity contribution in [2.75, 3.05) is 19.6 Å². The normalized spacial score (nSPS) is 23.9. The van der Waals surface area contributed by atoms with Gasteiger partial charge < -0.3 is 29.4 Å². The predicted octanol–water partition coefficient (Wildman–Crippen LogP) is 0.673. The van der Waals surface area contributed by atoms with E-state index < -0.39 is 6.04 Å². The SMILES string of the molecule is O=CBN1CCC(NC(=O)[C@@H]2CC[C@@H]3CN2C(=O)N3OC(=S)Oc2ccccc2)CC1. The van der Waals surface area contributed by atoms with E-state index in [1.165, 1.54) is 5.06 Å². The van der Waals surface area contributed by atoms with E-state index in [1.807, 2.05) is 18.2 Å². The summed E-state index contributed by atoms with van der Waals surface area (Å²) in [4.78, 5) is 45.6. The lowest BCUT2D eigenvalue weighted by Gasteiger charge is -2.34. The van der Waals surface area contributed by atoms with Crippen LogP contribution in [-0.2, 0) is 14.4 Å². The third kappa shape index (κ3) is 4.99. The summed E-state index contributed by atoms with van der Waals surface area (Å²) < 4.78 is 5.47. The molecule has 4 rings (SSSR count). The van der Waals surface area contributed by atoms with Crippen LogP contribution in [0.25, 0.3) is 0 Å². The number of hydrogen-bond acceptors (Lipinski definition) is 7. The van der Waals surface area contributed by atoms with Crippen molar-refractivity contribution in [2.45, 2.75) is 43.8 Å². The number of carbonyl (C=O) groups is 3. The lowest BCUT2D eigenvalue weighted by Crippen LogP contribution is -2.54. The maximum absolute atomic E-state index is 12.9. The molecule has 9 nitrogen and oxygen atoms in total. The van der Waals surface area contributed by atoms with E-state index in [2.05, 4.69) is 10.1 Å². The van der Waals surface area contributed by atoms with Gasteiger partial charge in [0.15, 0.2) is 0 Å². The number of rotatable bonds is 6. The van der Waals surface area contributed by atoms with E-state index in [-0.39, 0.29) is 29.3 Å². The molecule has 31 heavy (non-hydrogen) atoms. The smallest absolute Gasteiger partial charge is 0.383 e. The van der Waals surface area contributed by atoms with E-state index >= 15 is 0 Å². The van der Waals surface area contributed by atoms with Gasteiger partial charge in [-0.15, -0.1) is 5.06 Å². The predicted molar refractivity (Wildman–Crippen MR) is 118 cm³/mol. The largest absolute Gasteiger partial charge is 0.416 e. The molecule has 3 saturated heterocycles. The minimum Gasteiger partial charge on any atom is -0.416 e. The molecule has 3 aliphatic rings. The van der Waals surface area contributed by atoms with Crippen LogP contribution >= 0.6 is 12.2 Å². The van der Waals surface area contributed by atoms with Gasteiger partial charge >= 0.3 is 11.3 Å². The fraction of sp³-hybridized carbons (Fsp3) is 0.500. The van der Waals surface area contributed by atoms with E-state index in [0.717, 1.165) is 32.1 Å². The van der Waals surface area contributed by atoms with Crippen LogP contribution < -0.4 is 10.1 Å². The van der Waals surface area contributed by atoms with Crippen molar-refractivity contribution in [2.24, 2.45) is 0 Å². The van der Waals surface area contributed by atoms with Crippen LogP contribution in [0.4, 0.5) is 4.79 Å². The second kappa shape index (κ2) is 9.65. The van der Waals surface area contributed by atoms with Gasteiger partial charge in [0.2, 0.25) is 5.91 Å². The summed E-state index contributed by atoms with van der Waals surface area (Å²) in [5.74, 6) is 0.393. The number of fused-ring (bicyclic) bond motifs is 2. The Hall–Kier alpha value is -2.66. The lowest BCUT2D eigenvalue weighted by molar-refractivity contribution is -0.127. The van der Waals surface area contributed by atoms with Crippen molar-refractivity contribution in [1.82, 2.24) is 20.1 Å². The molecule has 1 aromatic rings. The first kappa shape index (κ1) is 21.6. The Kier molecular flexibility index (Phi) is 6.72. The van der Waals surface area contributed by atoms with Crippen molar-refractivity contribution in [3.05, 3.63) is 30.3 Å². The molecule has 3 heterocycles. The molecule has 0 radical (unpaired) electrons. The summed E-state index contributed by atoms with van der Waals surface area (Å²) in [5, 5.41) is 4.16. The van der Waals surface area contributed by atoms with Gasteiger partial charge in [0.05, 0.1) is 12.2 Å². The average Bonchev–Trinajstić information content (AvgIpc) is 3.00. The number of piperidine rings is 2. The fourth-order valence-electron chi connectivity index (χ4n) is 4.37. The third-order valence-electron chi connectivity index (χ3n) is 6.01. The number of benzene rings is 1. The molecule has 3 fully saturated rings. The minimum atomic E-state index is -0.519. The average molecular weight is 444 g/mol. The molecule has 2 bridgehead atoms. The van der Waals surface area contributed by atoms with Crippen LogP contribution in [0.2, 0.25) is 0 Å². The van der Waals surface area contributed by atoms with Gasteiger partial charge in [0.1, 0.15) is 11.8 Å². The van der Waals surface area contributed by atoms with Crippen molar-refractivity contribution >= 4 is 43.0 Å². The van der Waals surface area contributed by atoms with E-state index in [0.29, 0.717) is 32.6 Å². The second-order valence-electron chi connectivity index (χ2n) is 8.01. The number of nitrogens with zero attached hydrogens (tertiary/aromatic N) is 3. The molecular weight excluding hydrogens is 419 g/mol. The number of ether oxygens (including phenoxy) is 1.